The summed E-state index contributed by atoms with van der Waals surface area (Å²) in [5, 5.41) is 6.01. The summed E-state index contributed by atoms with van der Waals surface area (Å²) in [7, 11) is 0. The predicted molar refractivity (Wildman–Crippen MR) is 86.1 cm³/mol. The van der Waals surface area contributed by atoms with E-state index in [1.807, 2.05) is 23.1 Å². The van der Waals surface area contributed by atoms with Crippen LogP contribution in [-0.2, 0) is 4.74 Å². The molecule has 2 aromatic heterocycles. The lowest BCUT2D eigenvalue weighted by molar-refractivity contribution is 0.0130. The number of ether oxygens (including phenoxy) is 1. The largest absolute Gasteiger partial charge is 0.372 e. The van der Waals surface area contributed by atoms with E-state index in [2.05, 4.69) is 36.2 Å². The van der Waals surface area contributed by atoms with Crippen LogP contribution in [0.1, 0.15) is 36.6 Å². The molecule has 0 amide bonds. The monoisotopic (exact) mass is 293 g/mol. The molecule has 3 aromatic rings. The van der Waals surface area contributed by atoms with Crippen molar-refractivity contribution in [2.75, 3.05) is 6.61 Å². The van der Waals surface area contributed by atoms with E-state index in [0.717, 1.165) is 41.7 Å². The van der Waals surface area contributed by atoms with Crippen LogP contribution in [0.2, 0.25) is 0 Å². The fraction of sp³-hybridized carbons (Fsp3) is 0.333. The first-order valence-corrected chi connectivity index (χ1v) is 7.84. The van der Waals surface area contributed by atoms with E-state index < -0.39 is 0 Å². The number of hydrogen-bond donors (Lipinski definition) is 0. The number of aromatic nitrogens is 3. The number of rotatable bonds is 2. The summed E-state index contributed by atoms with van der Waals surface area (Å²) in [4.78, 5) is 4.27. The average Bonchev–Trinajstić information content (AvgIpc) is 2.96. The molecule has 0 radical (unpaired) electrons. The quantitative estimate of drug-likeness (QED) is 0.717. The zero-order valence-electron chi connectivity index (χ0n) is 12.7. The van der Waals surface area contributed by atoms with Crippen molar-refractivity contribution in [3.05, 3.63) is 54.0 Å². The number of aryl methyl sites for hydroxylation is 1. The molecule has 4 heteroatoms. The van der Waals surface area contributed by atoms with Crippen LogP contribution in [0.25, 0.3) is 16.6 Å². The van der Waals surface area contributed by atoms with Crippen molar-refractivity contribution in [1.29, 1.82) is 0 Å². The molecular weight excluding hydrogens is 274 g/mol. The third-order valence-electron chi connectivity index (χ3n) is 4.28. The molecule has 1 aliphatic rings. The van der Waals surface area contributed by atoms with Gasteiger partial charge in [-0.15, -0.1) is 0 Å². The smallest absolute Gasteiger partial charge is 0.102 e. The second-order valence-corrected chi connectivity index (χ2v) is 5.88. The van der Waals surface area contributed by atoms with Gasteiger partial charge in [-0.2, -0.15) is 5.10 Å². The number of pyridine rings is 1. The van der Waals surface area contributed by atoms with E-state index >= 15 is 0 Å². The van der Waals surface area contributed by atoms with Gasteiger partial charge in [0.15, 0.2) is 0 Å². The van der Waals surface area contributed by atoms with Crippen LogP contribution < -0.4 is 0 Å². The summed E-state index contributed by atoms with van der Waals surface area (Å²) in [5.41, 5.74) is 4.38. The first-order valence-electron chi connectivity index (χ1n) is 7.84. The van der Waals surface area contributed by atoms with Crippen LogP contribution in [-0.4, -0.2) is 21.4 Å². The molecular formula is C18H19N3O. The lowest BCUT2D eigenvalue weighted by atomic mass is 10.0. The fourth-order valence-electron chi connectivity index (χ4n) is 3.06. The van der Waals surface area contributed by atoms with Gasteiger partial charge in [-0.25, -0.2) is 4.68 Å². The molecule has 0 N–H and O–H groups in total. The van der Waals surface area contributed by atoms with Crippen molar-refractivity contribution >= 4 is 10.9 Å². The topological polar surface area (TPSA) is 39.9 Å². The molecule has 3 heterocycles. The Morgan fingerprint density at radius 3 is 2.77 bits per heavy atom. The molecule has 1 unspecified atom stereocenters. The minimum Gasteiger partial charge on any atom is -0.372 e. The highest BCUT2D eigenvalue weighted by molar-refractivity contribution is 5.83. The Morgan fingerprint density at radius 1 is 1.14 bits per heavy atom. The van der Waals surface area contributed by atoms with Gasteiger partial charge in [-0.1, -0.05) is 17.7 Å². The molecule has 4 nitrogen and oxygen atoms in total. The molecule has 0 aliphatic carbocycles. The molecule has 1 aromatic carbocycles. The molecule has 0 bridgehead atoms. The number of fused-ring (bicyclic) bond motifs is 1. The SMILES string of the molecule is Cc1ccc(-n2nc(C3CCCCO3)c3ccncc32)cc1. The number of nitrogens with zero attached hydrogens (tertiary/aromatic N) is 3. The number of hydrogen-bond acceptors (Lipinski definition) is 3. The van der Waals surface area contributed by atoms with Gasteiger partial charge in [-0.3, -0.25) is 4.98 Å². The van der Waals surface area contributed by atoms with Crippen LogP contribution in [0.5, 0.6) is 0 Å². The molecule has 0 saturated carbocycles. The summed E-state index contributed by atoms with van der Waals surface area (Å²) in [6, 6.07) is 10.5. The first kappa shape index (κ1) is 13.5. The lowest BCUT2D eigenvalue weighted by Crippen LogP contribution is -2.12. The lowest BCUT2D eigenvalue weighted by Gasteiger charge is -2.21. The van der Waals surface area contributed by atoms with Gasteiger partial charge in [0.1, 0.15) is 6.10 Å². The molecule has 1 fully saturated rings. The fourth-order valence-corrected chi connectivity index (χ4v) is 3.06. The molecule has 4 rings (SSSR count). The highest BCUT2D eigenvalue weighted by Gasteiger charge is 2.23. The van der Waals surface area contributed by atoms with E-state index in [9.17, 15) is 0 Å². The average molecular weight is 293 g/mol. The van der Waals surface area contributed by atoms with Gasteiger partial charge < -0.3 is 4.74 Å². The summed E-state index contributed by atoms with van der Waals surface area (Å²) in [6.45, 7) is 2.92. The van der Waals surface area contributed by atoms with Crippen molar-refractivity contribution < 1.29 is 4.74 Å². The maximum Gasteiger partial charge on any atom is 0.102 e. The molecule has 1 atom stereocenters. The third-order valence-corrected chi connectivity index (χ3v) is 4.28. The van der Waals surface area contributed by atoms with Gasteiger partial charge in [0, 0.05) is 18.2 Å². The van der Waals surface area contributed by atoms with E-state index in [1.165, 1.54) is 12.0 Å². The Morgan fingerprint density at radius 2 is 2.00 bits per heavy atom. The Hall–Kier alpha value is -2.20. The summed E-state index contributed by atoms with van der Waals surface area (Å²) in [6.07, 6.45) is 7.21. The van der Waals surface area contributed by atoms with E-state index in [1.54, 1.807) is 0 Å². The molecule has 112 valence electrons. The maximum atomic E-state index is 5.94. The zero-order valence-corrected chi connectivity index (χ0v) is 12.7. The highest BCUT2D eigenvalue weighted by Crippen LogP contribution is 2.32. The van der Waals surface area contributed by atoms with Crippen molar-refractivity contribution in [3.63, 3.8) is 0 Å². The second-order valence-electron chi connectivity index (χ2n) is 5.88. The summed E-state index contributed by atoms with van der Waals surface area (Å²) >= 11 is 0. The molecule has 0 spiro atoms. The van der Waals surface area contributed by atoms with Crippen LogP contribution >= 0.6 is 0 Å². The van der Waals surface area contributed by atoms with E-state index in [-0.39, 0.29) is 6.10 Å². The predicted octanol–water partition coefficient (Wildman–Crippen LogP) is 3.97. The Balaban J connectivity index is 1.86. The Bertz CT molecular complexity index is 786. The minimum atomic E-state index is 0.102. The van der Waals surface area contributed by atoms with Gasteiger partial charge in [0.05, 0.1) is 23.1 Å². The van der Waals surface area contributed by atoms with Crippen LogP contribution in [0.15, 0.2) is 42.7 Å². The number of benzene rings is 1. The second kappa shape index (κ2) is 5.54. The summed E-state index contributed by atoms with van der Waals surface area (Å²) < 4.78 is 7.93. The normalized spacial score (nSPS) is 18.7. The molecule has 22 heavy (non-hydrogen) atoms. The van der Waals surface area contributed by atoms with Crippen LogP contribution in [0, 0.1) is 6.92 Å². The van der Waals surface area contributed by atoms with Gasteiger partial charge >= 0.3 is 0 Å². The van der Waals surface area contributed by atoms with Gasteiger partial charge in [0.25, 0.3) is 0 Å². The molecule has 1 aliphatic heterocycles. The molecule has 1 saturated heterocycles. The highest BCUT2D eigenvalue weighted by atomic mass is 16.5. The minimum absolute atomic E-state index is 0.102. The van der Waals surface area contributed by atoms with Crippen LogP contribution in [0.3, 0.4) is 0 Å². The summed E-state index contributed by atoms with van der Waals surface area (Å²) in [5.74, 6) is 0. The maximum absolute atomic E-state index is 5.94. The van der Waals surface area contributed by atoms with Crippen molar-refractivity contribution in [2.24, 2.45) is 0 Å². The Labute approximate surface area is 129 Å². The van der Waals surface area contributed by atoms with Gasteiger partial charge in [0.2, 0.25) is 0 Å². The van der Waals surface area contributed by atoms with Crippen LogP contribution in [0.4, 0.5) is 0 Å². The van der Waals surface area contributed by atoms with E-state index in [4.69, 9.17) is 9.84 Å². The third kappa shape index (κ3) is 2.29. The van der Waals surface area contributed by atoms with Crippen molar-refractivity contribution in [3.8, 4) is 5.69 Å². The first-order chi connectivity index (χ1) is 10.8. The zero-order chi connectivity index (χ0) is 14.9. The Kier molecular flexibility index (Phi) is 3.39. The van der Waals surface area contributed by atoms with Crippen molar-refractivity contribution in [2.45, 2.75) is 32.3 Å². The van der Waals surface area contributed by atoms with Crippen molar-refractivity contribution in [1.82, 2.24) is 14.8 Å². The standard InChI is InChI=1S/C18H19N3O/c1-13-5-7-14(8-6-13)21-16-12-19-10-9-15(16)18(20-21)17-4-2-3-11-22-17/h5-10,12,17H,2-4,11H2,1H3. The van der Waals surface area contributed by atoms with Gasteiger partial charge in [-0.05, 0) is 44.4 Å². The van der Waals surface area contributed by atoms with E-state index in [0.29, 0.717) is 0 Å².